The van der Waals surface area contributed by atoms with Crippen molar-refractivity contribution >= 4 is 46.6 Å². The van der Waals surface area contributed by atoms with Gasteiger partial charge in [-0.3, -0.25) is 19.4 Å². The molecular formula is C29H20N2O2S. The topological polar surface area (TPSA) is 40.6 Å². The number of carbonyl (C=O) groups excluding carboxylic acids is 2. The zero-order chi connectivity index (χ0) is 23.5. The van der Waals surface area contributed by atoms with Crippen molar-refractivity contribution in [3.8, 4) is 11.1 Å². The maximum atomic E-state index is 13.5. The number of anilines is 2. The molecule has 4 aromatic rings. The first-order chi connectivity index (χ1) is 16.6. The van der Waals surface area contributed by atoms with Gasteiger partial charge in [-0.25, -0.2) is 0 Å². The Morgan fingerprint density at radius 1 is 0.529 bits per heavy atom. The summed E-state index contributed by atoms with van der Waals surface area (Å²) in [4.78, 5) is 29.9. The summed E-state index contributed by atoms with van der Waals surface area (Å²) in [6.07, 6.45) is 1.63. The van der Waals surface area contributed by atoms with Crippen LogP contribution in [0, 0.1) is 0 Å². The minimum absolute atomic E-state index is 0.0498. The third-order valence-corrected chi connectivity index (χ3v) is 5.97. The number of hydrogen-bond donors (Lipinski definition) is 0. The number of rotatable bonds is 4. The molecule has 0 bridgehead atoms. The third-order valence-electron chi connectivity index (χ3n) is 5.61. The molecule has 1 heterocycles. The van der Waals surface area contributed by atoms with Crippen LogP contribution in [-0.4, -0.2) is 16.9 Å². The second kappa shape index (κ2) is 9.25. The molecule has 1 aliphatic heterocycles. The van der Waals surface area contributed by atoms with Crippen molar-refractivity contribution in [3.63, 3.8) is 0 Å². The second-order valence-corrected chi connectivity index (χ2v) is 8.15. The first kappa shape index (κ1) is 21.5. The van der Waals surface area contributed by atoms with Gasteiger partial charge < -0.3 is 0 Å². The fourth-order valence-corrected chi connectivity index (χ4v) is 4.28. The van der Waals surface area contributed by atoms with E-state index in [1.54, 1.807) is 30.3 Å². The van der Waals surface area contributed by atoms with Crippen molar-refractivity contribution in [2.24, 2.45) is 0 Å². The molecule has 0 N–H and O–H groups in total. The lowest BCUT2D eigenvalue weighted by Gasteiger charge is -2.36. The summed E-state index contributed by atoms with van der Waals surface area (Å²) >= 11 is 5.64. The first-order valence-electron chi connectivity index (χ1n) is 10.8. The normalized spacial score (nSPS) is 13.9. The average molecular weight is 461 g/mol. The fourth-order valence-electron chi connectivity index (χ4n) is 3.91. The van der Waals surface area contributed by atoms with Crippen molar-refractivity contribution in [2.45, 2.75) is 0 Å². The molecule has 0 radical (unpaired) electrons. The van der Waals surface area contributed by atoms with Gasteiger partial charge in [0, 0.05) is 0 Å². The minimum Gasteiger partial charge on any atom is -0.268 e. The van der Waals surface area contributed by atoms with Gasteiger partial charge in [-0.15, -0.1) is 0 Å². The van der Waals surface area contributed by atoms with Gasteiger partial charge in [0.1, 0.15) is 5.57 Å². The highest BCUT2D eigenvalue weighted by atomic mass is 32.1. The zero-order valence-electron chi connectivity index (χ0n) is 18.2. The summed E-state index contributed by atoms with van der Waals surface area (Å²) in [6, 6.07) is 36.1. The van der Waals surface area contributed by atoms with Crippen LogP contribution in [-0.2, 0) is 9.59 Å². The lowest BCUT2D eigenvalue weighted by molar-refractivity contribution is -0.120. The van der Waals surface area contributed by atoms with Gasteiger partial charge in [0.25, 0.3) is 11.8 Å². The smallest absolute Gasteiger partial charge is 0.268 e. The Morgan fingerprint density at radius 3 is 1.41 bits per heavy atom. The summed E-state index contributed by atoms with van der Waals surface area (Å²) < 4.78 is 0. The van der Waals surface area contributed by atoms with Gasteiger partial charge in [-0.2, -0.15) is 0 Å². The Bertz CT molecular complexity index is 1320. The van der Waals surface area contributed by atoms with E-state index in [0.717, 1.165) is 16.7 Å². The summed E-state index contributed by atoms with van der Waals surface area (Å²) in [5, 5.41) is 0.129. The fraction of sp³-hybridized carbons (Fsp3) is 0. The Balaban J connectivity index is 1.57. The van der Waals surface area contributed by atoms with E-state index >= 15 is 0 Å². The molecule has 1 saturated heterocycles. The number of para-hydroxylation sites is 2. The van der Waals surface area contributed by atoms with Crippen LogP contribution in [0.5, 0.6) is 0 Å². The summed E-state index contributed by atoms with van der Waals surface area (Å²) in [7, 11) is 0. The van der Waals surface area contributed by atoms with Crippen molar-refractivity contribution in [3.05, 3.63) is 126 Å². The van der Waals surface area contributed by atoms with E-state index in [1.165, 1.54) is 9.80 Å². The molecule has 0 atom stereocenters. The molecule has 5 rings (SSSR count). The third kappa shape index (κ3) is 4.05. The van der Waals surface area contributed by atoms with E-state index in [9.17, 15) is 9.59 Å². The number of carbonyl (C=O) groups is 2. The molecule has 1 fully saturated rings. The Kier molecular flexibility index (Phi) is 5.85. The van der Waals surface area contributed by atoms with Crippen molar-refractivity contribution in [1.29, 1.82) is 0 Å². The van der Waals surface area contributed by atoms with Crippen LogP contribution >= 0.6 is 12.2 Å². The van der Waals surface area contributed by atoms with Gasteiger partial charge in [-0.05, 0) is 59.2 Å². The maximum Gasteiger partial charge on any atom is 0.270 e. The molecule has 0 spiro atoms. The molecule has 34 heavy (non-hydrogen) atoms. The highest BCUT2D eigenvalue weighted by Gasteiger charge is 2.41. The highest BCUT2D eigenvalue weighted by Crippen LogP contribution is 2.30. The number of benzene rings is 4. The van der Waals surface area contributed by atoms with E-state index in [1.807, 2.05) is 91.0 Å². The minimum atomic E-state index is -0.444. The van der Waals surface area contributed by atoms with Crippen LogP contribution in [0.2, 0.25) is 0 Å². The molecule has 4 nitrogen and oxygen atoms in total. The molecule has 0 saturated carbocycles. The predicted molar refractivity (Wildman–Crippen MR) is 140 cm³/mol. The van der Waals surface area contributed by atoms with Gasteiger partial charge in [0.2, 0.25) is 0 Å². The van der Waals surface area contributed by atoms with Crippen molar-refractivity contribution < 1.29 is 9.59 Å². The van der Waals surface area contributed by atoms with Gasteiger partial charge in [0.05, 0.1) is 11.4 Å². The maximum absolute atomic E-state index is 13.5. The monoisotopic (exact) mass is 460 g/mol. The standard InChI is InChI=1S/C29H20N2O2S/c32-27-26(20-21-16-18-23(19-17-21)22-10-4-1-5-11-22)28(33)31(25-14-8-3-9-15-25)29(34)30(27)24-12-6-2-7-13-24/h1-20H. The molecule has 4 aromatic carbocycles. The van der Waals surface area contributed by atoms with Crippen LogP contribution in [0.25, 0.3) is 17.2 Å². The van der Waals surface area contributed by atoms with Gasteiger partial charge >= 0.3 is 0 Å². The summed E-state index contributed by atoms with van der Waals surface area (Å²) in [6.45, 7) is 0. The zero-order valence-corrected chi connectivity index (χ0v) is 19.0. The van der Waals surface area contributed by atoms with Crippen LogP contribution in [0.1, 0.15) is 5.56 Å². The van der Waals surface area contributed by atoms with Gasteiger partial charge in [-0.1, -0.05) is 91.0 Å². The largest absolute Gasteiger partial charge is 0.270 e. The average Bonchev–Trinajstić information content (AvgIpc) is 2.89. The number of thiocarbonyl (C=S) groups is 1. The Hall–Kier alpha value is -4.35. The van der Waals surface area contributed by atoms with Gasteiger partial charge in [0.15, 0.2) is 5.11 Å². The Morgan fingerprint density at radius 2 is 0.941 bits per heavy atom. The van der Waals surface area contributed by atoms with E-state index in [4.69, 9.17) is 12.2 Å². The van der Waals surface area contributed by atoms with E-state index < -0.39 is 11.8 Å². The van der Waals surface area contributed by atoms with E-state index in [2.05, 4.69) is 0 Å². The van der Waals surface area contributed by atoms with Crippen LogP contribution in [0.15, 0.2) is 121 Å². The molecule has 0 aliphatic carbocycles. The quantitative estimate of drug-likeness (QED) is 0.210. The van der Waals surface area contributed by atoms with Crippen LogP contribution < -0.4 is 9.80 Å². The molecule has 1 aliphatic rings. The number of nitrogens with zero attached hydrogens (tertiary/aromatic N) is 2. The first-order valence-corrected chi connectivity index (χ1v) is 11.2. The molecule has 5 heteroatoms. The highest BCUT2D eigenvalue weighted by molar-refractivity contribution is 7.81. The lowest BCUT2D eigenvalue weighted by Crippen LogP contribution is -2.56. The van der Waals surface area contributed by atoms with E-state index in [0.29, 0.717) is 11.4 Å². The van der Waals surface area contributed by atoms with Crippen LogP contribution in [0.3, 0.4) is 0 Å². The number of amides is 2. The molecule has 0 aromatic heterocycles. The van der Waals surface area contributed by atoms with E-state index in [-0.39, 0.29) is 10.7 Å². The SMILES string of the molecule is O=C1C(=Cc2ccc(-c3ccccc3)cc2)C(=O)N(c2ccccc2)C(=S)N1c1ccccc1. The molecular weight excluding hydrogens is 440 g/mol. The van der Waals surface area contributed by atoms with Crippen LogP contribution in [0.4, 0.5) is 11.4 Å². The lowest BCUT2D eigenvalue weighted by atomic mass is 10.0. The summed E-state index contributed by atoms with van der Waals surface area (Å²) in [5.41, 5.74) is 4.18. The van der Waals surface area contributed by atoms with Crippen molar-refractivity contribution in [1.82, 2.24) is 0 Å². The number of hydrogen-bond acceptors (Lipinski definition) is 3. The summed E-state index contributed by atoms with van der Waals surface area (Å²) in [5.74, 6) is -0.888. The molecule has 0 unspecified atom stereocenters. The Labute approximate surface area is 203 Å². The van der Waals surface area contributed by atoms with Crippen molar-refractivity contribution in [2.75, 3.05) is 9.80 Å². The molecule has 2 amide bonds. The second-order valence-electron chi connectivity index (χ2n) is 7.78. The predicted octanol–water partition coefficient (Wildman–Crippen LogP) is 6.10. The molecule has 164 valence electrons.